The first kappa shape index (κ1) is 32.7. The third-order valence-corrected chi connectivity index (χ3v) is 14.2. The molecule has 12 nitrogen and oxygen atoms in total. The minimum Gasteiger partial charge on any atom is -0.461 e. The van der Waals surface area contributed by atoms with E-state index in [-0.39, 0.29) is 90.9 Å². The van der Waals surface area contributed by atoms with Gasteiger partial charge in [-0.25, -0.2) is 9.69 Å². The van der Waals surface area contributed by atoms with E-state index >= 15 is 0 Å². The predicted molar refractivity (Wildman–Crippen MR) is 170 cm³/mol. The molecule has 2 saturated heterocycles. The molecular formula is C36H48N2O10. The van der Waals surface area contributed by atoms with Gasteiger partial charge in [0.05, 0.1) is 48.3 Å². The van der Waals surface area contributed by atoms with Crippen LogP contribution in [0.15, 0.2) is 24.3 Å². The van der Waals surface area contributed by atoms with E-state index in [0.717, 1.165) is 11.3 Å². The number of anilines is 1. The minimum atomic E-state index is -1.69. The number of carbonyl (C=O) groups excluding carboxylic acids is 3. The minimum absolute atomic E-state index is 0.0394. The highest BCUT2D eigenvalue weighted by molar-refractivity contribution is 6.21. The fraction of sp³-hybridized carbons (Fsp3) is 0.750. The van der Waals surface area contributed by atoms with Crippen molar-refractivity contribution in [3.05, 3.63) is 29.8 Å². The van der Waals surface area contributed by atoms with Crippen molar-refractivity contribution in [3.63, 3.8) is 0 Å². The second-order valence-electron chi connectivity index (χ2n) is 15.4. The van der Waals surface area contributed by atoms with Crippen molar-refractivity contribution in [2.75, 3.05) is 53.0 Å². The van der Waals surface area contributed by atoms with Gasteiger partial charge in [-0.2, -0.15) is 0 Å². The molecule has 7 fully saturated rings. The summed E-state index contributed by atoms with van der Waals surface area (Å²) in [4.78, 5) is 42.6. The average Bonchev–Trinajstić information content (AvgIpc) is 3.66. The zero-order valence-corrected chi connectivity index (χ0v) is 28.4. The molecule has 5 saturated carbocycles. The van der Waals surface area contributed by atoms with Gasteiger partial charge in [-0.15, -0.1) is 0 Å². The molecule has 2 heterocycles. The summed E-state index contributed by atoms with van der Waals surface area (Å²) in [6.45, 7) is 3.24. The van der Waals surface area contributed by atoms with E-state index in [9.17, 15) is 24.6 Å². The maximum absolute atomic E-state index is 14.0. The van der Waals surface area contributed by atoms with Gasteiger partial charge >= 0.3 is 5.97 Å². The van der Waals surface area contributed by atoms with Crippen molar-refractivity contribution in [2.45, 2.75) is 87.1 Å². The molecular weight excluding hydrogens is 620 g/mol. The number of ether oxygens (including phenoxy) is 5. The topological polar surface area (TPSA) is 144 Å². The second kappa shape index (κ2) is 11.0. The Morgan fingerprint density at radius 1 is 1.00 bits per heavy atom. The first-order valence-electron chi connectivity index (χ1n) is 17.5. The quantitative estimate of drug-likeness (QED) is 0.294. The summed E-state index contributed by atoms with van der Waals surface area (Å²) < 4.78 is 31.3. The van der Waals surface area contributed by atoms with Crippen LogP contribution < -0.4 is 4.90 Å². The third-order valence-electron chi connectivity index (χ3n) is 14.2. The normalized spacial score (nSPS) is 47.1. The lowest BCUT2D eigenvalue weighted by atomic mass is 9.42. The molecule has 7 bridgehead atoms. The van der Waals surface area contributed by atoms with E-state index in [1.807, 2.05) is 0 Å². The molecule has 1 aromatic rings. The number of likely N-dealkylation sites (tertiary alicyclic amines) is 1. The van der Waals surface area contributed by atoms with Gasteiger partial charge in [0.2, 0.25) is 11.8 Å². The fourth-order valence-electron chi connectivity index (χ4n) is 13.0. The van der Waals surface area contributed by atoms with Crippen LogP contribution in [0.4, 0.5) is 5.69 Å². The first-order valence-corrected chi connectivity index (χ1v) is 17.5. The molecule has 0 radical (unpaired) electrons. The predicted octanol–water partition coefficient (Wildman–Crippen LogP) is 1.79. The van der Waals surface area contributed by atoms with Gasteiger partial charge in [0.1, 0.15) is 11.2 Å². The zero-order chi connectivity index (χ0) is 34.0. The van der Waals surface area contributed by atoms with Gasteiger partial charge in [-0.3, -0.25) is 14.5 Å². The SMILES string of the molecule is CCN1C[C@]2(COC(=O)c3ccccc3N3C(=O)CCC3=O)CC[C@H](OC)[C@@]34C5C[C@H]6C(OC)C5[C@](O)(C[C@@H]6OC)[C@@](O)(C(OC)C23)C14. The molecule has 13 atom stereocenters. The van der Waals surface area contributed by atoms with E-state index in [4.69, 9.17) is 23.7 Å². The third kappa shape index (κ3) is 3.67. The number of amides is 2. The number of likely N-dealkylation sites (N-methyl/N-ethyl adjacent to an activating group) is 1. The number of hydrogen-bond acceptors (Lipinski definition) is 11. The average molecular weight is 669 g/mol. The molecule has 7 aliphatic rings. The van der Waals surface area contributed by atoms with Crippen molar-refractivity contribution in [2.24, 2.45) is 34.5 Å². The Labute approximate surface area is 280 Å². The monoisotopic (exact) mass is 668 g/mol. The number of para-hydroxylation sites is 1. The number of carbonyl (C=O) groups is 3. The molecule has 2 N–H and O–H groups in total. The fourth-order valence-corrected chi connectivity index (χ4v) is 13.0. The number of fused-ring (bicyclic) bond motifs is 2. The standard InChI is InChI=1S/C36H48N2O10/c1-6-37-17-33(18-48-31(41)19-9-7-8-10-22(19)38-25(39)11-12-26(38)40)14-13-24(45-3)35-21-15-20-23(44-2)16-34(42,27(21)28(20)46-4)36(43,32(35)37)30(47-5)29(33)35/h7-10,20-21,23-24,27-30,32,42-43H,6,11-18H2,1-5H3/t20-,21?,23+,24+,27?,28?,29?,30?,32?,33+,34-,35+,36-/m1/s1. The van der Waals surface area contributed by atoms with Crippen molar-refractivity contribution in [1.29, 1.82) is 0 Å². The van der Waals surface area contributed by atoms with Crippen molar-refractivity contribution >= 4 is 23.5 Å². The first-order chi connectivity index (χ1) is 23.0. The summed E-state index contributed by atoms with van der Waals surface area (Å²) in [6, 6.07) is 6.11. The molecule has 2 aliphatic heterocycles. The van der Waals surface area contributed by atoms with Crippen LogP contribution in [0.25, 0.3) is 0 Å². The number of aliphatic hydroxyl groups is 2. The number of esters is 1. The van der Waals surface area contributed by atoms with E-state index in [1.54, 1.807) is 52.7 Å². The summed E-state index contributed by atoms with van der Waals surface area (Å²) in [7, 11) is 6.70. The Hall–Kier alpha value is -2.45. The summed E-state index contributed by atoms with van der Waals surface area (Å²) >= 11 is 0. The van der Waals surface area contributed by atoms with Crippen LogP contribution >= 0.6 is 0 Å². The van der Waals surface area contributed by atoms with Crippen LogP contribution in [-0.4, -0.2) is 123 Å². The van der Waals surface area contributed by atoms with Crippen molar-refractivity contribution in [1.82, 2.24) is 4.90 Å². The Kier molecular flexibility index (Phi) is 7.52. The van der Waals surface area contributed by atoms with E-state index in [0.29, 0.717) is 25.9 Å². The van der Waals surface area contributed by atoms with Crippen molar-refractivity contribution < 1.29 is 48.3 Å². The molecule has 8 rings (SSSR count). The van der Waals surface area contributed by atoms with Gasteiger partial charge in [0, 0.05) is 82.8 Å². The second-order valence-corrected chi connectivity index (χ2v) is 15.4. The number of benzene rings is 1. The van der Waals surface area contributed by atoms with Crippen LogP contribution in [-0.2, 0) is 33.3 Å². The lowest BCUT2D eigenvalue weighted by Crippen LogP contribution is -2.82. The highest BCUT2D eigenvalue weighted by atomic mass is 16.5. The maximum atomic E-state index is 14.0. The molecule has 1 aromatic carbocycles. The maximum Gasteiger partial charge on any atom is 0.340 e. The van der Waals surface area contributed by atoms with Gasteiger partial charge in [0.15, 0.2) is 0 Å². The zero-order valence-electron chi connectivity index (χ0n) is 28.4. The number of nitrogens with zero attached hydrogens (tertiary/aromatic N) is 2. The Balaban J connectivity index is 1.24. The molecule has 1 spiro atoms. The van der Waals surface area contributed by atoms with Gasteiger partial charge in [0.25, 0.3) is 0 Å². The van der Waals surface area contributed by atoms with E-state index < -0.39 is 40.1 Å². The van der Waals surface area contributed by atoms with Gasteiger partial charge in [-0.1, -0.05) is 19.1 Å². The largest absolute Gasteiger partial charge is 0.461 e. The lowest BCUT2D eigenvalue weighted by molar-refractivity contribution is -0.320. The molecule has 12 heteroatoms. The van der Waals surface area contributed by atoms with Crippen LogP contribution in [0, 0.1) is 34.5 Å². The smallest absolute Gasteiger partial charge is 0.340 e. The summed E-state index contributed by atoms with van der Waals surface area (Å²) in [5, 5.41) is 26.5. The van der Waals surface area contributed by atoms with Gasteiger partial charge < -0.3 is 33.9 Å². The number of methoxy groups -OCH3 is 4. The number of piperidine rings is 1. The summed E-state index contributed by atoms with van der Waals surface area (Å²) in [5.74, 6) is -2.00. The molecule has 2 amide bonds. The Morgan fingerprint density at radius 3 is 2.38 bits per heavy atom. The highest BCUT2D eigenvalue weighted by Gasteiger charge is 2.91. The van der Waals surface area contributed by atoms with Gasteiger partial charge in [-0.05, 0) is 43.9 Å². The summed E-state index contributed by atoms with van der Waals surface area (Å²) in [6.07, 6.45) is 0.951. The number of rotatable bonds is 9. The summed E-state index contributed by atoms with van der Waals surface area (Å²) in [5.41, 5.74) is -4.15. The lowest BCUT2D eigenvalue weighted by Gasteiger charge is -2.70. The Bertz CT molecular complexity index is 1510. The molecule has 5 aliphatic carbocycles. The van der Waals surface area contributed by atoms with E-state index in [2.05, 4.69) is 11.8 Å². The van der Waals surface area contributed by atoms with Crippen LogP contribution in [0.3, 0.4) is 0 Å². The Morgan fingerprint density at radius 2 is 1.73 bits per heavy atom. The van der Waals surface area contributed by atoms with Crippen LogP contribution in [0.5, 0.6) is 0 Å². The molecule has 262 valence electrons. The highest BCUT2D eigenvalue weighted by Crippen LogP contribution is 2.80. The van der Waals surface area contributed by atoms with Crippen LogP contribution in [0.2, 0.25) is 0 Å². The molecule has 0 aromatic heterocycles. The van der Waals surface area contributed by atoms with Crippen molar-refractivity contribution in [3.8, 4) is 0 Å². The van der Waals surface area contributed by atoms with Crippen LogP contribution in [0.1, 0.15) is 55.8 Å². The van der Waals surface area contributed by atoms with E-state index in [1.165, 1.54) is 0 Å². The molecule has 48 heavy (non-hydrogen) atoms. The molecule has 6 unspecified atom stereocenters. The number of hydrogen-bond donors (Lipinski definition) is 2. The number of imide groups is 1.